The normalized spacial score (nSPS) is 15.1. The summed E-state index contributed by atoms with van der Waals surface area (Å²) in [7, 11) is 0. The molecule has 0 amide bonds. The Kier molecular flexibility index (Phi) is 5.25. The molecule has 1 aromatic rings. The van der Waals surface area contributed by atoms with Gasteiger partial charge in [-0.05, 0) is 12.2 Å². The molecule has 27 heavy (non-hydrogen) atoms. The number of alkyl halides is 13. The van der Waals surface area contributed by atoms with E-state index in [-0.39, 0.29) is 0 Å². The van der Waals surface area contributed by atoms with Crippen LogP contribution in [0.25, 0.3) is 0 Å². The van der Waals surface area contributed by atoms with Crippen molar-refractivity contribution in [3.63, 3.8) is 0 Å². The lowest BCUT2D eigenvalue weighted by molar-refractivity contribution is -0.441. The molecule has 0 fully saturated rings. The second kappa shape index (κ2) is 6.10. The van der Waals surface area contributed by atoms with E-state index in [1.807, 2.05) is 0 Å². The van der Waals surface area contributed by atoms with Crippen LogP contribution in [0.3, 0.4) is 0 Å². The topological polar surface area (TPSA) is 48.6 Å². The standard InChI is InChI=1S/C10H3F13N2OS/c11-5(12,2-1-24-4(27)25-3(2)26)6(13,14)7(15,16)8(17,18)9(19,20)10(21,22)23/h1H,(H2,24,25,26,27). The minimum absolute atomic E-state index is 0.425. The summed E-state index contributed by atoms with van der Waals surface area (Å²) in [4.78, 5) is 13.8. The van der Waals surface area contributed by atoms with Crippen LogP contribution in [0.2, 0.25) is 0 Å². The van der Waals surface area contributed by atoms with Crippen LogP contribution < -0.4 is 5.56 Å². The maximum Gasteiger partial charge on any atom is 0.460 e. The molecule has 0 aliphatic rings. The van der Waals surface area contributed by atoms with E-state index in [1.54, 1.807) is 0 Å². The first-order valence-electron chi connectivity index (χ1n) is 5.94. The highest BCUT2D eigenvalue weighted by Gasteiger charge is 2.91. The van der Waals surface area contributed by atoms with Gasteiger partial charge in [0.2, 0.25) is 0 Å². The van der Waals surface area contributed by atoms with Crippen molar-refractivity contribution in [2.24, 2.45) is 0 Å². The molecule has 156 valence electrons. The summed E-state index contributed by atoms with van der Waals surface area (Å²) in [5.41, 5.74) is -4.99. The van der Waals surface area contributed by atoms with Gasteiger partial charge in [0.1, 0.15) is 5.56 Å². The van der Waals surface area contributed by atoms with Crippen molar-refractivity contribution in [1.82, 2.24) is 9.97 Å². The first kappa shape index (κ1) is 23.2. The fourth-order valence-corrected chi connectivity index (χ4v) is 1.73. The highest BCUT2D eigenvalue weighted by molar-refractivity contribution is 7.71. The monoisotopic (exact) mass is 446 g/mol. The Labute approximate surface area is 143 Å². The largest absolute Gasteiger partial charge is 0.460 e. The van der Waals surface area contributed by atoms with Gasteiger partial charge in [0.15, 0.2) is 4.77 Å². The summed E-state index contributed by atoms with van der Waals surface area (Å²) in [6.07, 6.45) is -7.92. The second-order valence-corrected chi connectivity index (χ2v) is 5.26. The van der Waals surface area contributed by atoms with Crippen molar-refractivity contribution >= 4 is 12.2 Å². The van der Waals surface area contributed by atoms with Crippen LogP contribution >= 0.6 is 12.2 Å². The van der Waals surface area contributed by atoms with Crippen LogP contribution in [0.1, 0.15) is 5.56 Å². The van der Waals surface area contributed by atoms with E-state index in [1.165, 1.54) is 9.97 Å². The highest BCUT2D eigenvalue weighted by Crippen LogP contribution is 2.61. The van der Waals surface area contributed by atoms with Crippen LogP contribution in [-0.2, 0) is 5.92 Å². The SMILES string of the molecule is O=c1[nH]c(=S)[nH]cc1C(F)(F)C(F)(F)C(F)(F)C(F)(F)C(F)(F)C(F)(F)F. The Hall–Kier alpha value is -1.81. The molecule has 0 aliphatic heterocycles. The molecule has 3 nitrogen and oxygen atoms in total. The Bertz CT molecular complexity index is 821. The summed E-state index contributed by atoms with van der Waals surface area (Å²) in [5.74, 6) is -38.0. The maximum atomic E-state index is 13.7. The number of halogens is 13. The number of aromatic nitrogens is 2. The quantitative estimate of drug-likeness (QED) is 0.512. The molecule has 0 aromatic carbocycles. The fourth-order valence-electron chi connectivity index (χ4n) is 1.58. The van der Waals surface area contributed by atoms with Crippen LogP contribution in [0.15, 0.2) is 11.0 Å². The van der Waals surface area contributed by atoms with Gasteiger partial charge in [-0.1, -0.05) is 0 Å². The van der Waals surface area contributed by atoms with Gasteiger partial charge in [-0.25, -0.2) is 0 Å². The zero-order chi connectivity index (χ0) is 21.9. The first-order chi connectivity index (χ1) is 11.7. The minimum atomic E-state index is -8.03. The molecule has 0 aliphatic carbocycles. The molecule has 0 radical (unpaired) electrons. The lowest BCUT2D eigenvalue weighted by atomic mass is 9.91. The zero-order valence-corrected chi connectivity index (χ0v) is 12.6. The number of aromatic amines is 2. The number of hydrogen-bond acceptors (Lipinski definition) is 2. The van der Waals surface area contributed by atoms with Crippen LogP contribution in [-0.4, -0.2) is 39.8 Å². The van der Waals surface area contributed by atoms with E-state index >= 15 is 0 Å². The summed E-state index contributed by atoms with van der Waals surface area (Å²) in [5, 5.41) is 0. The van der Waals surface area contributed by atoms with E-state index in [0.29, 0.717) is 0 Å². The van der Waals surface area contributed by atoms with Crippen molar-refractivity contribution < 1.29 is 57.1 Å². The molecular formula is C10H3F13N2OS. The summed E-state index contributed by atoms with van der Waals surface area (Å²) < 4.78 is 167. The molecule has 0 unspecified atom stereocenters. The van der Waals surface area contributed by atoms with Crippen molar-refractivity contribution in [3.8, 4) is 0 Å². The average Bonchev–Trinajstić information content (AvgIpc) is 2.44. The Morgan fingerprint density at radius 3 is 1.48 bits per heavy atom. The van der Waals surface area contributed by atoms with Crippen LogP contribution in [0, 0.1) is 4.77 Å². The smallest absolute Gasteiger partial charge is 0.338 e. The molecule has 17 heteroatoms. The molecule has 1 heterocycles. The van der Waals surface area contributed by atoms with Gasteiger partial charge >= 0.3 is 35.8 Å². The molecule has 0 saturated heterocycles. The Morgan fingerprint density at radius 1 is 0.704 bits per heavy atom. The number of H-pyrrole nitrogens is 2. The number of nitrogens with one attached hydrogen (secondary N) is 2. The Balaban J connectivity index is 3.68. The van der Waals surface area contributed by atoms with E-state index in [4.69, 9.17) is 0 Å². The van der Waals surface area contributed by atoms with E-state index < -0.39 is 57.9 Å². The van der Waals surface area contributed by atoms with E-state index in [9.17, 15) is 61.9 Å². The lowest BCUT2D eigenvalue weighted by Gasteiger charge is -2.39. The van der Waals surface area contributed by atoms with Gasteiger partial charge < -0.3 is 4.98 Å². The highest BCUT2D eigenvalue weighted by atomic mass is 32.1. The molecule has 0 atom stereocenters. The zero-order valence-electron chi connectivity index (χ0n) is 11.8. The average molecular weight is 446 g/mol. The number of hydrogen-bond donors (Lipinski definition) is 2. The molecule has 0 saturated carbocycles. The molecule has 0 spiro atoms. The van der Waals surface area contributed by atoms with Gasteiger partial charge in [-0.15, -0.1) is 0 Å². The molecule has 1 aromatic heterocycles. The van der Waals surface area contributed by atoms with E-state index in [0.717, 1.165) is 0 Å². The third-order valence-corrected chi connectivity index (χ3v) is 3.31. The van der Waals surface area contributed by atoms with Gasteiger partial charge in [0, 0.05) is 6.20 Å². The van der Waals surface area contributed by atoms with E-state index in [2.05, 4.69) is 12.2 Å². The van der Waals surface area contributed by atoms with Crippen molar-refractivity contribution in [2.75, 3.05) is 0 Å². The molecule has 0 bridgehead atoms. The summed E-state index contributed by atoms with van der Waals surface area (Å²) in [6.45, 7) is 0. The van der Waals surface area contributed by atoms with Gasteiger partial charge in [-0.2, -0.15) is 57.1 Å². The lowest BCUT2D eigenvalue weighted by Crippen LogP contribution is -2.69. The number of rotatable bonds is 5. The summed E-state index contributed by atoms with van der Waals surface area (Å²) in [6, 6.07) is 0. The third-order valence-electron chi connectivity index (χ3n) is 3.09. The van der Waals surface area contributed by atoms with Crippen molar-refractivity contribution in [1.29, 1.82) is 0 Å². The third kappa shape index (κ3) is 3.08. The minimum Gasteiger partial charge on any atom is -0.338 e. The van der Waals surface area contributed by atoms with Gasteiger partial charge in [-0.3, -0.25) is 9.78 Å². The van der Waals surface area contributed by atoms with Crippen LogP contribution in [0.4, 0.5) is 57.1 Å². The van der Waals surface area contributed by atoms with Crippen LogP contribution in [0.5, 0.6) is 0 Å². The summed E-state index contributed by atoms with van der Waals surface area (Å²) >= 11 is 4.16. The molecule has 2 N–H and O–H groups in total. The van der Waals surface area contributed by atoms with Gasteiger partial charge in [0.05, 0.1) is 0 Å². The molecule has 1 rings (SSSR count). The molecular weight excluding hydrogens is 443 g/mol. The fraction of sp³-hybridized carbons (Fsp3) is 0.600. The Morgan fingerprint density at radius 2 is 1.11 bits per heavy atom. The second-order valence-electron chi connectivity index (χ2n) is 4.86. The maximum absolute atomic E-state index is 13.7. The van der Waals surface area contributed by atoms with Gasteiger partial charge in [0.25, 0.3) is 5.56 Å². The predicted molar refractivity (Wildman–Crippen MR) is 62.0 cm³/mol. The predicted octanol–water partition coefficient (Wildman–Crippen LogP) is 4.63. The first-order valence-corrected chi connectivity index (χ1v) is 6.35. The van der Waals surface area contributed by atoms with Crippen molar-refractivity contribution in [3.05, 3.63) is 26.9 Å². The van der Waals surface area contributed by atoms with Crippen molar-refractivity contribution in [2.45, 2.75) is 35.8 Å².